The quantitative estimate of drug-likeness (QED) is 0.0672. The predicted octanol–water partition coefficient (Wildman–Crippen LogP) is 3.44. The first-order valence-electron chi connectivity index (χ1n) is 16.6. The molecule has 0 heterocycles. The average Bonchev–Trinajstić information content (AvgIpc) is 3.01. The molecule has 3 amide bonds. The van der Waals surface area contributed by atoms with Crippen molar-refractivity contribution >= 4 is 17.7 Å². The fourth-order valence-corrected chi connectivity index (χ4v) is 5.16. The van der Waals surface area contributed by atoms with E-state index in [1.807, 2.05) is 32.0 Å². The van der Waals surface area contributed by atoms with E-state index in [1.165, 1.54) is 0 Å². The minimum absolute atomic E-state index is 0.000182. The van der Waals surface area contributed by atoms with Crippen molar-refractivity contribution in [2.45, 2.75) is 92.2 Å². The SMILES string of the molecule is COCCCOc1cc(C[C@@H](C[C@H](NC(=O)CCCO[N+](=O)[O-])[C@@H](O)C[C@@H](C(=O)NCC(C)(C)C(N)=O)C(C)C)C(C)C)ccc1OC. The van der Waals surface area contributed by atoms with Gasteiger partial charge in [0.15, 0.2) is 11.5 Å². The van der Waals surface area contributed by atoms with Crippen molar-refractivity contribution in [3.8, 4) is 11.5 Å². The zero-order chi connectivity index (χ0) is 36.4. The number of methoxy groups -OCH3 is 2. The summed E-state index contributed by atoms with van der Waals surface area (Å²) in [5.41, 5.74) is 5.51. The van der Waals surface area contributed by atoms with Gasteiger partial charge in [-0.25, -0.2) is 0 Å². The van der Waals surface area contributed by atoms with Crippen LogP contribution in [-0.2, 0) is 30.4 Å². The molecule has 48 heavy (non-hydrogen) atoms. The number of hydrogen-bond donors (Lipinski definition) is 4. The third-order valence-electron chi connectivity index (χ3n) is 8.54. The molecule has 0 aliphatic carbocycles. The van der Waals surface area contributed by atoms with Gasteiger partial charge in [-0.15, -0.1) is 10.1 Å². The van der Waals surface area contributed by atoms with Crippen molar-refractivity contribution in [2.75, 3.05) is 40.6 Å². The van der Waals surface area contributed by atoms with Crippen LogP contribution < -0.4 is 25.8 Å². The molecule has 0 aromatic heterocycles. The smallest absolute Gasteiger partial charge is 0.294 e. The summed E-state index contributed by atoms with van der Waals surface area (Å²) in [6.45, 7) is 12.0. The molecule has 0 aliphatic rings. The molecule has 0 saturated carbocycles. The van der Waals surface area contributed by atoms with E-state index >= 15 is 0 Å². The Labute approximate surface area is 284 Å². The molecular weight excluding hydrogens is 624 g/mol. The molecule has 0 radical (unpaired) electrons. The molecule has 0 spiro atoms. The van der Waals surface area contributed by atoms with Crippen LogP contribution in [-0.4, -0.2) is 80.6 Å². The third kappa shape index (κ3) is 15.5. The summed E-state index contributed by atoms with van der Waals surface area (Å²) < 4.78 is 16.6. The van der Waals surface area contributed by atoms with Crippen LogP contribution in [0.5, 0.6) is 11.5 Å². The Kier molecular flexibility index (Phi) is 18.8. The highest BCUT2D eigenvalue weighted by Crippen LogP contribution is 2.32. The molecule has 5 N–H and O–H groups in total. The van der Waals surface area contributed by atoms with Crippen LogP contribution in [0.1, 0.15) is 79.2 Å². The molecule has 0 saturated heterocycles. The molecule has 1 rings (SSSR count). The second kappa shape index (κ2) is 21.3. The lowest BCUT2D eigenvalue weighted by atomic mass is 9.80. The van der Waals surface area contributed by atoms with Gasteiger partial charge in [0, 0.05) is 39.0 Å². The van der Waals surface area contributed by atoms with E-state index in [1.54, 1.807) is 28.1 Å². The van der Waals surface area contributed by atoms with Crippen LogP contribution in [0.2, 0.25) is 0 Å². The Balaban J connectivity index is 3.24. The Hall–Kier alpha value is -3.65. The van der Waals surface area contributed by atoms with E-state index in [0.29, 0.717) is 44.0 Å². The Morgan fingerprint density at radius 2 is 1.69 bits per heavy atom. The number of primary amides is 1. The molecule has 0 aliphatic heterocycles. The van der Waals surface area contributed by atoms with Gasteiger partial charge in [-0.1, -0.05) is 33.8 Å². The fourth-order valence-electron chi connectivity index (χ4n) is 5.16. The van der Waals surface area contributed by atoms with Crippen LogP contribution in [0.3, 0.4) is 0 Å². The first-order chi connectivity index (χ1) is 22.5. The summed E-state index contributed by atoms with van der Waals surface area (Å²) in [6.07, 6.45) is 0.770. The third-order valence-corrected chi connectivity index (χ3v) is 8.54. The van der Waals surface area contributed by atoms with Gasteiger partial charge in [0.05, 0.1) is 37.9 Å². The number of rotatable bonds is 25. The zero-order valence-corrected chi connectivity index (χ0v) is 29.9. The van der Waals surface area contributed by atoms with Gasteiger partial charge in [-0.05, 0) is 75.0 Å². The molecular formula is C34H58N4O10. The minimum atomic E-state index is -1.09. The summed E-state index contributed by atoms with van der Waals surface area (Å²) >= 11 is 0. The van der Waals surface area contributed by atoms with E-state index in [-0.39, 0.29) is 56.1 Å². The standard InChI is InChI=1S/C34H58N4O10/c1-22(2)25(17-24-12-13-29(46-8)30(18-24)47-15-10-14-45-7)19-27(37-31(40)11-9-16-48-38(43)44)28(39)20-26(23(3)4)32(41)36-21-34(5,6)33(35)42/h12-13,18,22-23,25-28,39H,9-11,14-17,19-21H2,1-8H3,(H2,35,42)(H,36,41)(H,37,40)/t25-,26+,27-,28-/m0/s1. The number of nitrogens with zero attached hydrogens (tertiary/aromatic N) is 1. The summed E-state index contributed by atoms with van der Waals surface area (Å²) in [5.74, 6) is -0.661. The lowest BCUT2D eigenvalue weighted by Gasteiger charge is -2.33. The predicted molar refractivity (Wildman–Crippen MR) is 181 cm³/mol. The molecule has 14 nitrogen and oxygen atoms in total. The Morgan fingerprint density at radius 1 is 1.00 bits per heavy atom. The molecule has 0 unspecified atom stereocenters. The van der Waals surface area contributed by atoms with Crippen LogP contribution in [0.25, 0.3) is 0 Å². The van der Waals surface area contributed by atoms with Crippen molar-refractivity contribution in [2.24, 2.45) is 34.8 Å². The lowest BCUT2D eigenvalue weighted by molar-refractivity contribution is -0.757. The van der Waals surface area contributed by atoms with Gasteiger partial charge < -0.3 is 40.5 Å². The molecule has 14 heteroatoms. The number of carbonyl (C=O) groups is 3. The van der Waals surface area contributed by atoms with E-state index in [0.717, 1.165) is 5.56 Å². The number of aliphatic hydroxyl groups is 1. The maximum absolute atomic E-state index is 13.3. The second-order valence-electron chi connectivity index (χ2n) is 13.6. The number of ether oxygens (including phenoxy) is 3. The van der Waals surface area contributed by atoms with Crippen LogP contribution in [0.4, 0.5) is 0 Å². The van der Waals surface area contributed by atoms with Crippen molar-refractivity contribution < 1.29 is 43.6 Å². The van der Waals surface area contributed by atoms with Crippen molar-refractivity contribution in [3.05, 3.63) is 33.9 Å². The summed E-state index contributed by atoms with van der Waals surface area (Å²) in [4.78, 5) is 52.9. The highest BCUT2D eigenvalue weighted by atomic mass is 16.9. The van der Waals surface area contributed by atoms with Crippen LogP contribution in [0.15, 0.2) is 18.2 Å². The summed E-state index contributed by atoms with van der Waals surface area (Å²) in [7, 11) is 3.21. The maximum atomic E-state index is 13.3. The minimum Gasteiger partial charge on any atom is -0.493 e. The maximum Gasteiger partial charge on any atom is 0.294 e. The van der Waals surface area contributed by atoms with Gasteiger partial charge >= 0.3 is 0 Å². The van der Waals surface area contributed by atoms with Gasteiger partial charge in [0.1, 0.15) is 0 Å². The number of hydrogen-bond acceptors (Lipinski definition) is 10. The Morgan fingerprint density at radius 3 is 2.25 bits per heavy atom. The number of nitrogens with two attached hydrogens (primary N) is 1. The highest BCUT2D eigenvalue weighted by Gasteiger charge is 2.33. The second-order valence-corrected chi connectivity index (χ2v) is 13.6. The largest absolute Gasteiger partial charge is 0.493 e. The van der Waals surface area contributed by atoms with Crippen LogP contribution in [0, 0.1) is 39.2 Å². The number of aliphatic hydroxyl groups excluding tert-OH is 1. The first-order valence-corrected chi connectivity index (χ1v) is 16.6. The van der Waals surface area contributed by atoms with Crippen LogP contribution >= 0.6 is 0 Å². The van der Waals surface area contributed by atoms with Crippen molar-refractivity contribution in [1.82, 2.24) is 10.6 Å². The number of benzene rings is 1. The molecule has 0 fully saturated rings. The first kappa shape index (κ1) is 42.4. The van der Waals surface area contributed by atoms with Crippen molar-refractivity contribution in [3.63, 3.8) is 0 Å². The van der Waals surface area contributed by atoms with E-state index in [4.69, 9.17) is 19.9 Å². The van der Waals surface area contributed by atoms with Gasteiger partial charge in [0.2, 0.25) is 17.7 Å². The van der Waals surface area contributed by atoms with E-state index in [9.17, 15) is 29.6 Å². The fraction of sp³-hybridized carbons (Fsp3) is 0.735. The molecule has 0 bridgehead atoms. The monoisotopic (exact) mass is 682 g/mol. The lowest BCUT2D eigenvalue weighted by Crippen LogP contribution is -2.49. The van der Waals surface area contributed by atoms with Gasteiger partial charge in [-0.3, -0.25) is 14.4 Å². The molecule has 1 aromatic rings. The van der Waals surface area contributed by atoms with E-state index in [2.05, 4.69) is 29.3 Å². The molecule has 4 atom stereocenters. The Bertz CT molecular complexity index is 1160. The normalized spacial score (nSPS) is 14.1. The van der Waals surface area contributed by atoms with Gasteiger partial charge in [0.25, 0.3) is 5.09 Å². The highest BCUT2D eigenvalue weighted by molar-refractivity contribution is 5.83. The average molecular weight is 683 g/mol. The topological polar surface area (TPSA) is 202 Å². The van der Waals surface area contributed by atoms with E-state index < -0.39 is 40.4 Å². The summed E-state index contributed by atoms with van der Waals surface area (Å²) in [5, 5.41) is 26.9. The number of nitrogens with one attached hydrogen (secondary N) is 2. The molecule has 1 aromatic carbocycles. The number of carbonyl (C=O) groups excluding carboxylic acids is 3. The molecule has 274 valence electrons. The van der Waals surface area contributed by atoms with Gasteiger partial charge in [-0.2, -0.15) is 0 Å². The number of amides is 3. The summed E-state index contributed by atoms with van der Waals surface area (Å²) in [6, 6.07) is 5.03. The zero-order valence-electron chi connectivity index (χ0n) is 29.9. The van der Waals surface area contributed by atoms with Crippen molar-refractivity contribution in [1.29, 1.82) is 0 Å².